The SMILES string of the molecule is O=C(O)CCc1ccc(OCc2cc(F)cc3c2OC2(CCCC2)C3)cc1. The van der Waals surface area contributed by atoms with Crippen LogP contribution >= 0.6 is 0 Å². The Morgan fingerprint density at radius 1 is 1.19 bits per heavy atom. The Balaban J connectivity index is 1.44. The summed E-state index contributed by atoms with van der Waals surface area (Å²) in [5.41, 5.74) is 2.49. The molecule has 2 aromatic rings. The van der Waals surface area contributed by atoms with Crippen LogP contribution in [0.15, 0.2) is 36.4 Å². The normalized spacial score (nSPS) is 16.9. The topological polar surface area (TPSA) is 55.8 Å². The maximum Gasteiger partial charge on any atom is 0.303 e. The van der Waals surface area contributed by atoms with Gasteiger partial charge >= 0.3 is 5.97 Å². The van der Waals surface area contributed by atoms with Gasteiger partial charge in [0.25, 0.3) is 0 Å². The smallest absolute Gasteiger partial charge is 0.303 e. The molecule has 1 spiro atoms. The number of hydrogen-bond acceptors (Lipinski definition) is 3. The maximum absolute atomic E-state index is 14.1. The van der Waals surface area contributed by atoms with Crippen LogP contribution in [0.4, 0.5) is 4.39 Å². The van der Waals surface area contributed by atoms with Crippen molar-refractivity contribution in [3.05, 3.63) is 58.9 Å². The Bertz CT molecular complexity index is 838. The molecule has 0 aromatic heterocycles. The molecule has 4 nitrogen and oxygen atoms in total. The number of carboxylic acids is 1. The first-order valence-electron chi connectivity index (χ1n) is 9.47. The third kappa shape index (κ3) is 3.92. The monoisotopic (exact) mass is 370 g/mol. The minimum absolute atomic E-state index is 0.106. The second-order valence-electron chi connectivity index (χ2n) is 7.55. The van der Waals surface area contributed by atoms with E-state index >= 15 is 0 Å². The molecule has 0 atom stereocenters. The van der Waals surface area contributed by atoms with Gasteiger partial charge in [-0.1, -0.05) is 12.1 Å². The predicted octanol–water partition coefficient (Wildman–Crippen LogP) is 4.67. The molecule has 142 valence electrons. The molecule has 0 radical (unpaired) electrons. The van der Waals surface area contributed by atoms with E-state index in [4.69, 9.17) is 14.6 Å². The molecule has 2 aromatic carbocycles. The fraction of sp³-hybridized carbons (Fsp3) is 0.409. The molecule has 1 heterocycles. The van der Waals surface area contributed by atoms with Gasteiger partial charge in [-0.3, -0.25) is 4.79 Å². The Morgan fingerprint density at radius 3 is 2.63 bits per heavy atom. The van der Waals surface area contributed by atoms with Crippen LogP contribution in [0, 0.1) is 5.82 Å². The molecular weight excluding hydrogens is 347 g/mol. The van der Waals surface area contributed by atoms with E-state index in [1.807, 2.05) is 24.3 Å². The first-order valence-corrected chi connectivity index (χ1v) is 9.47. The number of fused-ring (bicyclic) bond motifs is 1. The van der Waals surface area contributed by atoms with E-state index in [-0.39, 0.29) is 24.4 Å². The number of aryl methyl sites for hydroxylation is 1. The van der Waals surface area contributed by atoms with Gasteiger partial charge < -0.3 is 14.6 Å². The highest BCUT2D eigenvalue weighted by Gasteiger charge is 2.42. The standard InChI is InChI=1S/C22H23FO4/c23-18-11-16-13-22(9-1-2-10-22)27-21(16)17(12-18)14-26-19-6-3-15(4-7-19)5-8-20(24)25/h3-4,6-7,11-12H,1-2,5,8-10,13-14H2,(H,24,25). The molecule has 1 saturated carbocycles. The summed E-state index contributed by atoms with van der Waals surface area (Å²) >= 11 is 0. The van der Waals surface area contributed by atoms with Crippen LogP contribution in [-0.4, -0.2) is 16.7 Å². The van der Waals surface area contributed by atoms with Crippen LogP contribution in [0.5, 0.6) is 11.5 Å². The number of aliphatic carboxylic acids is 1. The summed E-state index contributed by atoms with van der Waals surface area (Å²) < 4.78 is 26.2. The highest BCUT2D eigenvalue weighted by molar-refractivity contribution is 5.67. The van der Waals surface area contributed by atoms with Gasteiger partial charge in [0, 0.05) is 24.0 Å². The Kier molecular flexibility index (Phi) is 4.77. The van der Waals surface area contributed by atoms with Crippen molar-refractivity contribution in [2.24, 2.45) is 0 Å². The summed E-state index contributed by atoms with van der Waals surface area (Å²) in [4.78, 5) is 10.6. The van der Waals surface area contributed by atoms with E-state index in [1.54, 1.807) is 6.07 Å². The third-order valence-corrected chi connectivity index (χ3v) is 5.50. The minimum atomic E-state index is -0.810. The van der Waals surface area contributed by atoms with Crippen LogP contribution in [0.3, 0.4) is 0 Å². The van der Waals surface area contributed by atoms with Gasteiger partial charge in [0.15, 0.2) is 0 Å². The zero-order valence-electron chi connectivity index (χ0n) is 15.2. The lowest BCUT2D eigenvalue weighted by atomic mass is 9.95. The van der Waals surface area contributed by atoms with Gasteiger partial charge in [-0.25, -0.2) is 4.39 Å². The van der Waals surface area contributed by atoms with Crippen molar-refractivity contribution < 1.29 is 23.8 Å². The number of ether oxygens (including phenoxy) is 2. The van der Waals surface area contributed by atoms with Gasteiger partial charge in [-0.2, -0.15) is 0 Å². The molecule has 0 bridgehead atoms. The van der Waals surface area contributed by atoms with Gasteiger partial charge in [0.2, 0.25) is 0 Å². The second-order valence-corrected chi connectivity index (χ2v) is 7.55. The van der Waals surface area contributed by atoms with Gasteiger partial charge in [-0.15, -0.1) is 0 Å². The summed E-state index contributed by atoms with van der Waals surface area (Å²) in [6.45, 7) is 0.241. The van der Waals surface area contributed by atoms with Crippen LogP contribution in [0.2, 0.25) is 0 Å². The fourth-order valence-electron chi connectivity index (χ4n) is 4.14. The van der Waals surface area contributed by atoms with Gasteiger partial charge in [0.05, 0.1) is 0 Å². The molecule has 27 heavy (non-hydrogen) atoms. The highest BCUT2D eigenvalue weighted by Crippen LogP contribution is 2.46. The van der Waals surface area contributed by atoms with Crippen molar-refractivity contribution in [1.29, 1.82) is 0 Å². The molecule has 4 rings (SSSR count). The number of rotatable bonds is 6. The lowest BCUT2D eigenvalue weighted by Gasteiger charge is -2.23. The van der Waals surface area contributed by atoms with Crippen molar-refractivity contribution in [2.75, 3.05) is 0 Å². The number of carboxylic acid groups (broad SMARTS) is 1. The summed E-state index contributed by atoms with van der Waals surface area (Å²) in [7, 11) is 0. The molecule has 1 aliphatic carbocycles. The quantitative estimate of drug-likeness (QED) is 0.803. The van der Waals surface area contributed by atoms with Gasteiger partial charge in [0.1, 0.15) is 29.5 Å². The highest BCUT2D eigenvalue weighted by atomic mass is 19.1. The fourth-order valence-corrected chi connectivity index (χ4v) is 4.14. The van der Waals surface area contributed by atoms with E-state index in [0.717, 1.165) is 54.5 Å². The number of carbonyl (C=O) groups is 1. The van der Waals surface area contributed by atoms with Crippen LogP contribution in [0.25, 0.3) is 0 Å². The molecule has 0 saturated heterocycles. The molecule has 0 amide bonds. The van der Waals surface area contributed by atoms with Crippen LogP contribution in [0.1, 0.15) is 48.8 Å². The van der Waals surface area contributed by atoms with E-state index in [1.165, 1.54) is 6.07 Å². The molecule has 0 unspecified atom stereocenters. The summed E-state index contributed by atoms with van der Waals surface area (Å²) in [5.74, 6) is 0.391. The molecule has 1 aliphatic heterocycles. The first-order chi connectivity index (χ1) is 13.0. The van der Waals surface area contributed by atoms with Crippen molar-refractivity contribution >= 4 is 5.97 Å². The largest absolute Gasteiger partial charge is 0.489 e. The van der Waals surface area contributed by atoms with E-state index in [0.29, 0.717) is 12.2 Å². The zero-order chi connectivity index (χ0) is 18.9. The Hall–Kier alpha value is -2.56. The summed E-state index contributed by atoms with van der Waals surface area (Å²) in [5, 5.41) is 8.75. The lowest BCUT2D eigenvalue weighted by molar-refractivity contribution is -0.136. The van der Waals surface area contributed by atoms with E-state index in [2.05, 4.69) is 0 Å². The van der Waals surface area contributed by atoms with Crippen LogP contribution < -0.4 is 9.47 Å². The molecule has 1 N–H and O–H groups in total. The van der Waals surface area contributed by atoms with E-state index in [9.17, 15) is 9.18 Å². The third-order valence-electron chi connectivity index (χ3n) is 5.50. The first kappa shape index (κ1) is 17.8. The lowest BCUT2D eigenvalue weighted by Crippen LogP contribution is -2.30. The minimum Gasteiger partial charge on any atom is -0.489 e. The Labute approximate surface area is 157 Å². The van der Waals surface area contributed by atoms with Gasteiger partial charge in [-0.05, 0) is 61.9 Å². The van der Waals surface area contributed by atoms with Crippen LogP contribution in [-0.2, 0) is 24.2 Å². The second kappa shape index (κ2) is 7.22. The molecule has 2 aliphatic rings. The van der Waals surface area contributed by atoms with Crippen molar-refractivity contribution in [2.45, 2.75) is 57.2 Å². The van der Waals surface area contributed by atoms with Crippen molar-refractivity contribution in [3.63, 3.8) is 0 Å². The number of benzene rings is 2. The average molecular weight is 370 g/mol. The zero-order valence-corrected chi connectivity index (χ0v) is 15.2. The summed E-state index contributed by atoms with van der Waals surface area (Å²) in [6, 6.07) is 10.4. The molecule has 5 heteroatoms. The van der Waals surface area contributed by atoms with Crippen molar-refractivity contribution in [3.8, 4) is 11.5 Å². The number of halogens is 1. The Morgan fingerprint density at radius 2 is 1.93 bits per heavy atom. The van der Waals surface area contributed by atoms with Crippen molar-refractivity contribution in [1.82, 2.24) is 0 Å². The number of hydrogen-bond donors (Lipinski definition) is 1. The predicted molar refractivity (Wildman–Crippen MR) is 98.7 cm³/mol. The average Bonchev–Trinajstić information content (AvgIpc) is 3.25. The summed E-state index contributed by atoms with van der Waals surface area (Å²) in [6.07, 6.45) is 5.76. The maximum atomic E-state index is 14.1. The molecular formula is C22H23FO4. The molecule has 1 fully saturated rings. The van der Waals surface area contributed by atoms with E-state index < -0.39 is 5.97 Å².